The van der Waals surface area contributed by atoms with Crippen LogP contribution in [-0.4, -0.2) is 17.2 Å². The highest BCUT2D eigenvalue weighted by molar-refractivity contribution is 6.64. The van der Waals surface area contributed by atoms with Gasteiger partial charge in [-0.05, 0) is 24.1 Å². The van der Waals surface area contributed by atoms with Crippen molar-refractivity contribution in [2.45, 2.75) is 19.4 Å². The SMILES string of the molecule is CC(NC(=O)Cc1ccccc1)C(=O)Cl. The highest BCUT2D eigenvalue weighted by atomic mass is 35.5. The molecule has 0 fully saturated rings. The van der Waals surface area contributed by atoms with Crippen molar-refractivity contribution in [3.05, 3.63) is 35.9 Å². The molecule has 0 radical (unpaired) electrons. The second kappa shape index (κ2) is 5.51. The van der Waals surface area contributed by atoms with E-state index in [2.05, 4.69) is 5.32 Å². The van der Waals surface area contributed by atoms with Crippen molar-refractivity contribution in [1.82, 2.24) is 5.32 Å². The lowest BCUT2D eigenvalue weighted by atomic mass is 10.1. The van der Waals surface area contributed by atoms with Crippen LogP contribution in [0.25, 0.3) is 0 Å². The molecule has 0 heterocycles. The Kier molecular flexibility index (Phi) is 4.31. The molecule has 0 saturated heterocycles. The van der Waals surface area contributed by atoms with Crippen molar-refractivity contribution >= 4 is 22.8 Å². The summed E-state index contributed by atoms with van der Waals surface area (Å²) in [7, 11) is 0. The summed E-state index contributed by atoms with van der Waals surface area (Å²) in [5.74, 6) is -0.206. The Morgan fingerprint density at radius 2 is 1.93 bits per heavy atom. The van der Waals surface area contributed by atoms with E-state index in [1.165, 1.54) is 0 Å². The number of carbonyl (C=O) groups is 2. The monoisotopic (exact) mass is 225 g/mol. The molecule has 1 aromatic carbocycles. The molecule has 0 aliphatic rings. The third kappa shape index (κ3) is 4.13. The van der Waals surface area contributed by atoms with Crippen LogP contribution in [0.1, 0.15) is 12.5 Å². The highest BCUT2D eigenvalue weighted by Gasteiger charge is 2.12. The quantitative estimate of drug-likeness (QED) is 0.790. The van der Waals surface area contributed by atoms with Crippen LogP contribution in [-0.2, 0) is 16.0 Å². The predicted octanol–water partition coefficient (Wildman–Crippen LogP) is 1.50. The van der Waals surface area contributed by atoms with Crippen molar-refractivity contribution < 1.29 is 9.59 Å². The standard InChI is InChI=1S/C11H12ClNO2/c1-8(11(12)15)13-10(14)7-9-5-3-2-4-6-9/h2-6,8H,7H2,1H3,(H,13,14). The molecule has 0 bridgehead atoms. The van der Waals surface area contributed by atoms with Crippen LogP contribution in [0.2, 0.25) is 0 Å². The van der Waals surface area contributed by atoms with E-state index in [1.807, 2.05) is 30.3 Å². The van der Waals surface area contributed by atoms with E-state index in [0.29, 0.717) is 0 Å². The van der Waals surface area contributed by atoms with Gasteiger partial charge in [-0.15, -0.1) is 0 Å². The van der Waals surface area contributed by atoms with Gasteiger partial charge in [0.2, 0.25) is 11.1 Å². The van der Waals surface area contributed by atoms with Crippen LogP contribution >= 0.6 is 11.6 Å². The second-order valence-corrected chi connectivity index (χ2v) is 3.63. The van der Waals surface area contributed by atoms with Crippen molar-refractivity contribution in [3.63, 3.8) is 0 Å². The van der Waals surface area contributed by atoms with Gasteiger partial charge in [0.1, 0.15) is 6.04 Å². The average molecular weight is 226 g/mol. The van der Waals surface area contributed by atoms with Gasteiger partial charge in [0.15, 0.2) is 0 Å². The molecular formula is C11H12ClNO2. The molecule has 1 unspecified atom stereocenters. The van der Waals surface area contributed by atoms with E-state index in [4.69, 9.17) is 11.6 Å². The molecule has 0 aromatic heterocycles. The zero-order chi connectivity index (χ0) is 11.3. The van der Waals surface area contributed by atoms with Crippen molar-refractivity contribution in [2.24, 2.45) is 0 Å². The smallest absolute Gasteiger partial charge is 0.243 e. The van der Waals surface area contributed by atoms with Gasteiger partial charge >= 0.3 is 0 Å². The Morgan fingerprint density at radius 3 is 2.47 bits per heavy atom. The van der Waals surface area contributed by atoms with Crippen LogP contribution in [0, 0.1) is 0 Å². The van der Waals surface area contributed by atoms with Crippen molar-refractivity contribution in [3.8, 4) is 0 Å². The molecule has 0 aliphatic heterocycles. The Hall–Kier alpha value is -1.35. The summed E-state index contributed by atoms with van der Waals surface area (Å²) in [6.45, 7) is 1.55. The molecule has 1 amide bonds. The maximum Gasteiger partial charge on any atom is 0.243 e. The molecule has 1 N–H and O–H groups in total. The lowest BCUT2D eigenvalue weighted by Crippen LogP contribution is -2.37. The first-order valence-electron chi connectivity index (χ1n) is 4.62. The third-order valence-electron chi connectivity index (χ3n) is 1.93. The van der Waals surface area contributed by atoms with E-state index in [9.17, 15) is 9.59 Å². The minimum Gasteiger partial charge on any atom is -0.345 e. The Labute approximate surface area is 93.4 Å². The lowest BCUT2D eigenvalue weighted by molar-refractivity contribution is -0.124. The Bertz CT molecular complexity index is 351. The molecule has 80 valence electrons. The van der Waals surface area contributed by atoms with Gasteiger partial charge in [0.05, 0.1) is 6.42 Å². The number of hydrogen-bond acceptors (Lipinski definition) is 2. The number of halogens is 1. The summed E-state index contributed by atoms with van der Waals surface area (Å²) in [6.07, 6.45) is 0.259. The summed E-state index contributed by atoms with van der Waals surface area (Å²) in [4.78, 5) is 22.1. The van der Waals surface area contributed by atoms with Crippen LogP contribution in [0.4, 0.5) is 0 Å². The Morgan fingerprint density at radius 1 is 1.33 bits per heavy atom. The largest absolute Gasteiger partial charge is 0.345 e. The Balaban J connectivity index is 2.47. The van der Waals surface area contributed by atoms with E-state index >= 15 is 0 Å². The van der Waals surface area contributed by atoms with Crippen LogP contribution in [0.5, 0.6) is 0 Å². The molecule has 0 spiro atoms. The number of amides is 1. The molecule has 1 atom stereocenters. The zero-order valence-corrected chi connectivity index (χ0v) is 9.12. The normalized spacial score (nSPS) is 11.9. The molecular weight excluding hydrogens is 214 g/mol. The maximum absolute atomic E-state index is 11.4. The maximum atomic E-state index is 11.4. The number of carbonyl (C=O) groups excluding carboxylic acids is 2. The highest BCUT2D eigenvalue weighted by Crippen LogP contribution is 2.00. The van der Waals surface area contributed by atoms with E-state index in [-0.39, 0.29) is 12.3 Å². The molecule has 4 heteroatoms. The van der Waals surface area contributed by atoms with Crippen LogP contribution < -0.4 is 5.32 Å². The van der Waals surface area contributed by atoms with Gasteiger partial charge < -0.3 is 5.32 Å². The van der Waals surface area contributed by atoms with Crippen LogP contribution in [0.3, 0.4) is 0 Å². The second-order valence-electron chi connectivity index (χ2n) is 3.26. The molecule has 0 aliphatic carbocycles. The zero-order valence-electron chi connectivity index (χ0n) is 8.37. The van der Waals surface area contributed by atoms with Crippen LogP contribution in [0.15, 0.2) is 30.3 Å². The van der Waals surface area contributed by atoms with Gasteiger partial charge in [-0.1, -0.05) is 30.3 Å². The van der Waals surface area contributed by atoms with Gasteiger partial charge in [-0.2, -0.15) is 0 Å². The summed E-state index contributed by atoms with van der Waals surface area (Å²) < 4.78 is 0. The first-order valence-corrected chi connectivity index (χ1v) is 5.00. The van der Waals surface area contributed by atoms with Gasteiger partial charge in [-0.3, -0.25) is 9.59 Å². The molecule has 3 nitrogen and oxygen atoms in total. The first kappa shape index (κ1) is 11.7. The van der Waals surface area contributed by atoms with E-state index in [1.54, 1.807) is 6.92 Å². The number of hydrogen-bond donors (Lipinski definition) is 1. The summed E-state index contributed by atoms with van der Waals surface area (Å²) in [6, 6.07) is 8.67. The molecule has 15 heavy (non-hydrogen) atoms. The molecule has 1 aromatic rings. The molecule has 0 saturated carbocycles. The minimum atomic E-state index is -0.636. The number of nitrogens with one attached hydrogen (secondary N) is 1. The topological polar surface area (TPSA) is 46.2 Å². The number of benzene rings is 1. The predicted molar refractivity (Wildman–Crippen MR) is 58.6 cm³/mol. The molecule has 1 rings (SSSR count). The third-order valence-corrected chi connectivity index (χ3v) is 2.25. The summed E-state index contributed by atoms with van der Waals surface area (Å²) in [5.41, 5.74) is 0.907. The lowest BCUT2D eigenvalue weighted by Gasteiger charge is -2.08. The van der Waals surface area contributed by atoms with E-state index in [0.717, 1.165) is 5.56 Å². The van der Waals surface area contributed by atoms with Crippen molar-refractivity contribution in [1.29, 1.82) is 0 Å². The fourth-order valence-corrected chi connectivity index (χ4v) is 1.19. The van der Waals surface area contributed by atoms with E-state index < -0.39 is 11.3 Å². The summed E-state index contributed by atoms with van der Waals surface area (Å²) >= 11 is 5.22. The number of rotatable bonds is 4. The summed E-state index contributed by atoms with van der Waals surface area (Å²) in [5, 5.41) is 1.95. The minimum absolute atomic E-state index is 0.206. The first-order chi connectivity index (χ1) is 7.09. The average Bonchev–Trinajstić information content (AvgIpc) is 2.18. The van der Waals surface area contributed by atoms with Gasteiger partial charge in [0, 0.05) is 0 Å². The van der Waals surface area contributed by atoms with Gasteiger partial charge in [-0.25, -0.2) is 0 Å². The van der Waals surface area contributed by atoms with Gasteiger partial charge in [0.25, 0.3) is 0 Å². The fourth-order valence-electron chi connectivity index (χ4n) is 1.13. The van der Waals surface area contributed by atoms with Crippen molar-refractivity contribution in [2.75, 3.05) is 0 Å². The fraction of sp³-hybridized carbons (Fsp3) is 0.273.